The van der Waals surface area contributed by atoms with Gasteiger partial charge in [-0.1, -0.05) is 85.8 Å². The third-order valence-corrected chi connectivity index (χ3v) is 9.58. The number of aldehydes is 1. The van der Waals surface area contributed by atoms with E-state index in [-0.39, 0.29) is 5.92 Å². The van der Waals surface area contributed by atoms with Crippen LogP contribution in [0.25, 0.3) is 0 Å². The maximum Gasteiger partial charge on any atom is 0.225 e. The summed E-state index contributed by atoms with van der Waals surface area (Å²) in [7, 11) is 1.63. The molecule has 244 valence electrons. The standard InChI is InChI=1S/C40H42O7/c1-27-37(24-41)47-40(42-2,39(46-26-29-11-7-4-8-12-29)38(27)45-25-28-9-5-3-6-10-28)33-16-17-34(31-14-15-31)32(23-33)21-30-13-18-35-36(22-30)44-20-19-43-35/h3-13,16-18,22-24,27,31,37-39H,14-15,19-21,25-26H2,1-2H3/t27-,37-,38+,39-,40?/m1/s1. The predicted molar refractivity (Wildman–Crippen MR) is 177 cm³/mol. The van der Waals surface area contributed by atoms with Crippen molar-refractivity contribution >= 4 is 6.29 Å². The molecule has 1 unspecified atom stereocenters. The molecule has 7 rings (SSSR count). The van der Waals surface area contributed by atoms with Crippen LogP contribution in [-0.4, -0.2) is 44.9 Å². The number of hydrogen-bond acceptors (Lipinski definition) is 7. The number of rotatable bonds is 12. The van der Waals surface area contributed by atoms with E-state index < -0.39 is 24.1 Å². The minimum absolute atomic E-state index is 0.289. The second-order valence-corrected chi connectivity index (χ2v) is 12.8. The first-order valence-corrected chi connectivity index (χ1v) is 16.6. The van der Waals surface area contributed by atoms with Gasteiger partial charge < -0.3 is 33.2 Å². The first kappa shape index (κ1) is 31.6. The van der Waals surface area contributed by atoms with E-state index in [0.717, 1.165) is 40.0 Å². The van der Waals surface area contributed by atoms with Crippen molar-refractivity contribution in [2.24, 2.45) is 5.92 Å². The molecule has 1 aliphatic carbocycles. The second kappa shape index (κ2) is 14.0. The number of fused-ring (bicyclic) bond motifs is 1. The molecular formula is C40H42O7. The van der Waals surface area contributed by atoms with E-state index in [4.69, 9.17) is 28.4 Å². The van der Waals surface area contributed by atoms with Crippen molar-refractivity contribution in [2.45, 2.75) is 69.4 Å². The van der Waals surface area contributed by atoms with Crippen LogP contribution in [-0.2, 0) is 49.2 Å². The summed E-state index contributed by atoms with van der Waals surface area (Å²) >= 11 is 0. The lowest BCUT2D eigenvalue weighted by atomic mass is 9.82. The van der Waals surface area contributed by atoms with Gasteiger partial charge in [0.05, 0.1) is 19.3 Å². The molecular weight excluding hydrogens is 592 g/mol. The Morgan fingerprint density at radius 1 is 0.787 bits per heavy atom. The van der Waals surface area contributed by atoms with Crippen molar-refractivity contribution in [1.82, 2.24) is 0 Å². The highest BCUT2D eigenvalue weighted by Gasteiger charge is 2.57. The first-order chi connectivity index (χ1) is 23.1. The maximum atomic E-state index is 12.6. The third kappa shape index (κ3) is 6.72. The lowest BCUT2D eigenvalue weighted by Crippen LogP contribution is -2.62. The molecule has 0 amide bonds. The van der Waals surface area contributed by atoms with Crippen LogP contribution in [0, 0.1) is 5.92 Å². The van der Waals surface area contributed by atoms with Crippen molar-refractivity contribution in [2.75, 3.05) is 20.3 Å². The van der Waals surface area contributed by atoms with Crippen LogP contribution in [0.2, 0.25) is 0 Å². The summed E-state index contributed by atoms with van der Waals surface area (Å²) in [4.78, 5) is 12.6. The van der Waals surface area contributed by atoms with Gasteiger partial charge in [-0.25, -0.2) is 0 Å². The number of methoxy groups -OCH3 is 1. The summed E-state index contributed by atoms with van der Waals surface area (Å²) < 4.78 is 38.2. The SMILES string of the molecule is COC1(c2ccc(C3CC3)c(Cc3ccc4c(c3)OCCO4)c2)O[C@H](C=O)[C@@H](C)[C@H](OCc2ccccc2)[C@H]1OCc1ccccc1. The van der Waals surface area contributed by atoms with Crippen molar-refractivity contribution in [3.05, 3.63) is 130 Å². The topological polar surface area (TPSA) is 72.5 Å². The lowest BCUT2D eigenvalue weighted by molar-refractivity contribution is -0.361. The quantitative estimate of drug-likeness (QED) is 0.154. The van der Waals surface area contributed by atoms with Crippen molar-refractivity contribution in [3.8, 4) is 11.5 Å². The number of carbonyl (C=O) groups excluding carboxylic acids is 1. The van der Waals surface area contributed by atoms with Crippen LogP contribution >= 0.6 is 0 Å². The highest BCUT2D eigenvalue weighted by atomic mass is 16.7. The molecule has 0 N–H and O–H groups in total. The van der Waals surface area contributed by atoms with Gasteiger partial charge in [-0.2, -0.15) is 0 Å². The Morgan fingerprint density at radius 3 is 2.13 bits per heavy atom. The Hall–Kier alpha value is -4.01. The lowest BCUT2D eigenvalue weighted by Gasteiger charge is -2.50. The van der Waals surface area contributed by atoms with E-state index in [1.165, 1.54) is 24.0 Å². The molecule has 3 aliphatic rings. The van der Waals surface area contributed by atoms with Crippen molar-refractivity contribution < 1.29 is 33.2 Å². The van der Waals surface area contributed by atoms with E-state index >= 15 is 0 Å². The molecule has 2 fully saturated rings. The molecule has 1 saturated heterocycles. The van der Waals surface area contributed by atoms with Crippen molar-refractivity contribution in [1.29, 1.82) is 0 Å². The van der Waals surface area contributed by atoms with Crippen molar-refractivity contribution in [3.63, 3.8) is 0 Å². The van der Waals surface area contributed by atoms with Gasteiger partial charge in [-0.15, -0.1) is 0 Å². The molecule has 47 heavy (non-hydrogen) atoms. The van der Waals surface area contributed by atoms with E-state index in [1.807, 2.05) is 73.7 Å². The molecule has 7 nitrogen and oxygen atoms in total. The Labute approximate surface area is 276 Å². The summed E-state index contributed by atoms with van der Waals surface area (Å²) in [5.41, 5.74) is 6.49. The number of hydrogen-bond donors (Lipinski definition) is 0. The monoisotopic (exact) mass is 634 g/mol. The minimum Gasteiger partial charge on any atom is -0.486 e. The van der Waals surface area contributed by atoms with Crippen LogP contribution in [0.5, 0.6) is 11.5 Å². The molecule has 4 aromatic carbocycles. The maximum absolute atomic E-state index is 12.6. The summed E-state index contributed by atoms with van der Waals surface area (Å²) in [5.74, 6) is 0.384. The molecule has 4 aromatic rings. The average Bonchev–Trinajstić information content (AvgIpc) is 3.97. The molecule has 0 bridgehead atoms. The normalized spacial score (nSPS) is 25.3. The van der Waals surface area contributed by atoms with Gasteiger partial charge in [0.25, 0.3) is 0 Å². The summed E-state index contributed by atoms with van der Waals surface area (Å²) in [5, 5.41) is 0. The third-order valence-electron chi connectivity index (χ3n) is 9.58. The Bertz CT molecular complexity index is 1650. The summed E-state index contributed by atoms with van der Waals surface area (Å²) in [6.07, 6.45) is 1.94. The Balaban J connectivity index is 1.28. The van der Waals surface area contributed by atoms with Crippen LogP contribution in [0.15, 0.2) is 97.1 Å². The zero-order valence-corrected chi connectivity index (χ0v) is 27.0. The van der Waals surface area contributed by atoms with Gasteiger partial charge in [-0.3, -0.25) is 0 Å². The molecule has 2 heterocycles. The van der Waals surface area contributed by atoms with Gasteiger partial charge in [0.2, 0.25) is 5.79 Å². The molecule has 5 atom stereocenters. The number of benzene rings is 4. The van der Waals surface area contributed by atoms with E-state index in [2.05, 4.69) is 30.3 Å². The number of ether oxygens (including phenoxy) is 6. The predicted octanol–water partition coefficient (Wildman–Crippen LogP) is 7.13. The largest absolute Gasteiger partial charge is 0.486 e. The fraction of sp³-hybridized carbons (Fsp3) is 0.375. The van der Waals surface area contributed by atoms with Crippen LogP contribution in [0.1, 0.15) is 59.1 Å². The zero-order valence-electron chi connectivity index (χ0n) is 27.0. The van der Waals surface area contributed by atoms with E-state index in [1.54, 1.807) is 7.11 Å². The molecule has 2 aliphatic heterocycles. The second-order valence-electron chi connectivity index (χ2n) is 12.8. The van der Waals surface area contributed by atoms with E-state index in [0.29, 0.717) is 38.8 Å². The smallest absolute Gasteiger partial charge is 0.225 e. The zero-order chi connectivity index (χ0) is 32.2. The van der Waals surface area contributed by atoms with Gasteiger partial charge in [0, 0.05) is 18.6 Å². The first-order valence-electron chi connectivity index (χ1n) is 16.6. The molecule has 0 spiro atoms. The number of carbonyl (C=O) groups is 1. The van der Waals surface area contributed by atoms with Crippen LogP contribution < -0.4 is 9.47 Å². The van der Waals surface area contributed by atoms with Crippen LogP contribution in [0.3, 0.4) is 0 Å². The summed E-state index contributed by atoms with van der Waals surface area (Å²) in [6, 6.07) is 32.7. The fourth-order valence-corrected chi connectivity index (χ4v) is 6.88. The molecule has 0 aromatic heterocycles. The fourth-order valence-electron chi connectivity index (χ4n) is 6.88. The highest BCUT2D eigenvalue weighted by Crippen LogP contribution is 2.47. The average molecular weight is 635 g/mol. The molecule has 7 heteroatoms. The van der Waals surface area contributed by atoms with Gasteiger partial charge in [0.1, 0.15) is 31.7 Å². The summed E-state index contributed by atoms with van der Waals surface area (Å²) in [6.45, 7) is 3.78. The highest BCUT2D eigenvalue weighted by molar-refractivity contribution is 5.57. The molecule has 1 saturated carbocycles. The minimum atomic E-state index is -1.40. The van der Waals surface area contributed by atoms with Gasteiger partial charge >= 0.3 is 0 Å². The Morgan fingerprint density at radius 2 is 1.47 bits per heavy atom. The Kier molecular flexibility index (Phi) is 9.41. The molecule has 0 radical (unpaired) electrons. The van der Waals surface area contributed by atoms with Gasteiger partial charge in [-0.05, 0) is 71.2 Å². The van der Waals surface area contributed by atoms with Crippen LogP contribution in [0.4, 0.5) is 0 Å². The van der Waals surface area contributed by atoms with Gasteiger partial charge in [0.15, 0.2) is 11.5 Å². The van der Waals surface area contributed by atoms with E-state index in [9.17, 15) is 4.79 Å².